The van der Waals surface area contributed by atoms with E-state index < -0.39 is 0 Å². The van der Waals surface area contributed by atoms with E-state index in [4.69, 9.17) is 23.2 Å². The number of hydrogen-bond donors (Lipinski definition) is 1. The first kappa shape index (κ1) is 15.4. The zero-order valence-corrected chi connectivity index (χ0v) is 14.0. The van der Waals surface area contributed by atoms with Gasteiger partial charge in [0.15, 0.2) is 0 Å². The van der Waals surface area contributed by atoms with E-state index in [-0.39, 0.29) is 5.91 Å². The third kappa shape index (κ3) is 3.16. The molecule has 2 aromatic rings. The monoisotopic (exact) mass is 375 g/mol. The highest BCUT2D eigenvalue weighted by atomic mass is 79.9. The summed E-state index contributed by atoms with van der Waals surface area (Å²) in [6.45, 7) is 2.16. The molecule has 1 heterocycles. The van der Waals surface area contributed by atoms with E-state index in [1.54, 1.807) is 25.2 Å². The van der Waals surface area contributed by atoms with Crippen molar-refractivity contribution in [3.8, 4) is 0 Å². The van der Waals surface area contributed by atoms with Gasteiger partial charge in [-0.1, -0.05) is 29.3 Å². The molecule has 0 aliphatic rings. The Hall–Kier alpha value is -1.04. The van der Waals surface area contributed by atoms with Crippen molar-refractivity contribution in [2.75, 3.05) is 0 Å². The van der Waals surface area contributed by atoms with Crippen LogP contribution in [0, 0.1) is 6.92 Å². The summed E-state index contributed by atoms with van der Waals surface area (Å²) >= 11 is 15.3. The minimum atomic E-state index is -0.217. The maximum Gasteiger partial charge on any atom is 0.270 e. The molecule has 0 atom stereocenters. The standard InChI is InChI=1S/C13H12BrCl2N3O/c1-7-11(14)12(19(2)18-7)13(20)17-6-8-3-4-9(15)5-10(8)16/h3-5H,6H2,1-2H3,(H,17,20). The zero-order chi connectivity index (χ0) is 14.9. The number of halogens is 3. The Labute approximate surface area is 135 Å². The number of nitrogens with zero attached hydrogens (tertiary/aromatic N) is 2. The number of rotatable bonds is 3. The Morgan fingerprint density at radius 3 is 2.70 bits per heavy atom. The van der Waals surface area contributed by atoms with Crippen LogP contribution in [-0.4, -0.2) is 15.7 Å². The molecular weight excluding hydrogens is 365 g/mol. The summed E-state index contributed by atoms with van der Waals surface area (Å²) in [6, 6.07) is 5.17. The van der Waals surface area contributed by atoms with E-state index in [1.165, 1.54) is 4.68 Å². The molecule has 0 unspecified atom stereocenters. The van der Waals surface area contributed by atoms with Crippen LogP contribution in [0.15, 0.2) is 22.7 Å². The van der Waals surface area contributed by atoms with Gasteiger partial charge in [0.05, 0.1) is 10.2 Å². The maximum atomic E-state index is 12.2. The second-order valence-electron chi connectivity index (χ2n) is 4.29. The molecule has 0 aliphatic carbocycles. The minimum absolute atomic E-state index is 0.217. The summed E-state index contributed by atoms with van der Waals surface area (Å²) in [7, 11) is 1.72. The van der Waals surface area contributed by atoms with Crippen LogP contribution in [0.4, 0.5) is 0 Å². The molecular formula is C13H12BrCl2N3O. The minimum Gasteiger partial charge on any atom is -0.347 e. The first-order valence-corrected chi connectivity index (χ1v) is 7.36. The van der Waals surface area contributed by atoms with Gasteiger partial charge in [0.25, 0.3) is 5.91 Å². The van der Waals surface area contributed by atoms with E-state index in [0.717, 1.165) is 11.3 Å². The fourth-order valence-corrected chi connectivity index (χ4v) is 2.79. The second kappa shape index (κ2) is 6.16. The number of aryl methyl sites for hydroxylation is 2. The van der Waals surface area contributed by atoms with Gasteiger partial charge in [-0.05, 0) is 40.5 Å². The van der Waals surface area contributed by atoms with Crippen LogP contribution in [0.5, 0.6) is 0 Å². The Morgan fingerprint density at radius 1 is 1.45 bits per heavy atom. The summed E-state index contributed by atoms with van der Waals surface area (Å²) < 4.78 is 2.23. The molecule has 4 nitrogen and oxygen atoms in total. The van der Waals surface area contributed by atoms with Crippen molar-refractivity contribution in [2.45, 2.75) is 13.5 Å². The summed E-state index contributed by atoms with van der Waals surface area (Å²) in [5.41, 5.74) is 2.05. The average molecular weight is 377 g/mol. The normalized spacial score (nSPS) is 10.7. The first-order chi connectivity index (χ1) is 9.40. The number of nitrogens with one attached hydrogen (secondary N) is 1. The SMILES string of the molecule is Cc1nn(C)c(C(=O)NCc2ccc(Cl)cc2Cl)c1Br. The molecule has 1 aromatic heterocycles. The molecule has 1 amide bonds. The van der Waals surface area contributed by atoms with Crippen molar-refractivity contribution < 1.29 is 4.79 Å². The van der Waals surface area contributed by atoms with Crippen molar-refractivity contribution in [1.29, 1.82) is 0 Å². The number of carbonyl (C=O) groups excluding carboxylic acids is 1. The molecule has 1 N–H and O–H groups in total. The van der Waals surface area contributed by atoms with Gasteiger partial charge in [-0.3, -0.25) is 9.48 Å². The molecule has 2 rings (SSSR count). The molecule has 0 saturated carbocycles. The fourth-order valence-electron chi connectivity index (χ4n) is 1.80. The highest BCUT2D eigenvalue weighted by molar-refractivity contribution is 9.10. The van der Waals surface area contributed by atoms with Crippen molar-refractivity contribution in [1.82, 2.24) is 15.1 Å². The summed E-state index contributed by atoms with van der Waals surface area (Å²) in [5.74, 6) is -0.217. The van der Waals surface area contributed by atoms with Gasteiger partial charge in [0.1, 0.15) is 5.69 Å². The van der Waals surface area contributed by atoms with Gasteiger partial charge < -0.3 is 5.32 Å². The summed E-state index contributed by atoms with van der Waals surface area (Å²) in [5, 5.41) is 8.09. The van der Waals surface area contributed by atoms with Gasteiger partial charge in [0, 0.05) is 23.6 Å². The van der Waals surface area contributed by atoms with Crippen molar-refractivity contribution in [2.24, 2.45) is 7.05 Å². The van der Waals surface area contributed by atoms with E-state index in [2.05, 4.69) is 26.3 Å². The predicted molar refractivity (Wildman–Crippen MR) is 83.3 cm³/mol. The van der Waals surface area contributed by atoms with E-state index in [9.17, 15) is 4.79 Å². The lowest BCUT2D eigenvalue weighted by Crippen LogP contribution is -2.25. The lowest BCUT2D eigenvalue weighted by Gasteiger charge is -2.08. The van der Waals surface area contributed by atoms with Crippen molar-refractivity contribution in [3.05, 3.63) is 49.7 Å². The van der Waals surface area contributed by atoms with Crippen molar-refractivity contribution in [3.63, 3.8) is 0 Å². The zero-order valence-electron chi connectivity index (χ0n) is 10.9. The van der Waals surface area contributed by atoms with Gasteiger partial charge >= 0.3 is 0 Å². The van der Waals surface area contributed by atoms with Crippen LogP contribution in [0.1, 0.15) is 21.7 Å². The third-order valence-electron chi connectivity index (χ3n) is 2.82. The number of hydrogen-bond acceptors (Lipinski definition) is 2. The molecule has 0 bridgehead atoms. The topological polar surface area (TPSA) is 46.9 Å². The Balaban J connectivity index is 2.13. The van der Waals surface area contributed by atoms with Crippen LogP contribution in [0.3, 0.4) is 0 Å². The Bertz CT molecular complexity index is 670. The lowest BCUT2D eigenvalue weighted by atomic mass is 10.2. The van der Waals surface area contributed by atoms with Gasteiger partial charge in [-0.25, -0.2) is 0 Å². The summed E-state index contributed by atoms with van der Waals surface area (Å²) in [6.07, 6.45) is 0. The van der Waals surface area contributed by atoms with Gasteiger partial charge in [-0.2, -0.15) is 5.10 Å². The molecule has 0 saturated heterocycles. The summed E-state index contributed by atoms with van der Waals surface area (Å²) in [4.78, 5) is 12.2. The van der Waals surface area contributed by atoms with Gasteiger partial charge in [0.2, 0.25) is 0 Å². The average Bonchev–Trinajstić information content (AvgIpc) is 2.62. The smallest absolute Gasteiger partial charge is 0.270 e. The molecule has 0 fully saturated rings. The van der Waals surface area contributed by atoms with E-state index in [0.29, 0.717) is 26.8 Å². The number of amides is 1. The molecule has 1 aromatic carbocycles. The number of carbonyl (C=O) groups is 1. The predicted octanol–water partition coefficient (Wildman–Crippen LogP) is 3.73. The Kier molecular flexibility index (Phi) is 4.73. The molecule has 20 heavy (non-hydrogen) atoms. The largest absolute Gasteiger partial charge is 0.347 e. The quantitative estimate of drug-likeness (QED) is 0.887. The lowest BCUT2D eigenvalue weighted by molar-refractivity contribution is 0.0940. The van der Waals surface area contributed by atoms with Crippen LogP contribution in [0.25, 0.3) is 0 Å². The molecule has 7 heteroatoms. The van der Waals surface area contributed by atoms with Gasteiger partial charge in [-0.15, -0.1) is 0 Å². The second-order valence-corrected chi connectivity index (χ2v) is 5.93. The first-order valence-electron chi connectivity index (χ1n) is 5.81. The molecule has 0 radical (unpaired) electrons. The van der Waals surface area contributed by atoms with Crippen LogP contribution >= 0.6 is 39.1 Å². The van der Waals surface area contributed by atoms with Crippen LogP contribution < -0.4 is 5.32 Å². The molecule has 0 aliphatic heterocycles. The maximum absolute atomic E-state index is 12.2. The van der Waals surface area contributed by atoms with Crippen molar-refractivity contribution >= 4 is 45.0 Å². The number of benzene rings is 1. The van der Waals surface area contributed by atoms with E-state index >= 15 is 0 Å². The number of aromatic nitrogens is 2. The van der Waals surface area contributed by atoms with Crippen LogP contribution in [-0.2, 0) is 13.6 Å². The van der Waals surface area contributed by atoms with E-state index in [1.807, 2.05) is 6.92 Å². The Morgan fingerprint density at radius 2 is 2.15 bits per heavy atom. The third-order valence-corrected chi connectivity index (χ3v) is 4.36. The fraction of sp³-hybridized carbons (Fsp3) is 0.231. The van der Waals surface area contributed by atoms with Crippen LogP contribution in [0.2, 0.25) is 10.0 Å². The highest BCUT2D eigenvalue weighted by Gasteiger charge is 2.18. The molecule has 0 spiro atoms. The highest BCUT2D eigenvalue weighted by Crippen LogP contribution is 2.22. The molecule has 106 valence electrons.